The first-order valence-corrected chi connectivity index (χ1v) is 10.7. The van der Waals surface area contributed by atoms with Gasteiger partial charge in [-0.15, -0.1) is 0 Å². The number of pyridine rings is 1. The highest BCUT2D eigenvalue weighted by Crippen LogP contribution is 2.29. The van der Waals surface area contributed by atoms with Gasteiger partial charge in [0, 0.05) is 11.8 Å². The Morgan fingerprint density at radius 1 is 1.06 bits per heavy atom. The van der Waals surface area contributed by atoms with Crippen LogP contribution in [0.2, 0.25) is 0 Å². The quantitative estimate of drug-likeness (QED) is 0.630. The molecule has 3 N–H and O–H groups in total. The summed E-state index contributed by atoms with van der Waals surface area (Å²) in [6.07, 6.45) is 7.83. The molecular weight excluding hydrogens is 401 g/mol. The van der Waals surface area contributed by atoms with Gasteiger partial charge in [-0.3, -0.25) is 14.6 Å². The molecular formula is C23H26FN3O4. The van der Waals surface area contributed by atoms with E-state index in [0.29, 0.717) is 31.1 Å². The molecule has 2 saturated carbocycles. The minimum Gasteiger partial charge on any atom is -0.492 e. The summed E-state index contributed by atoms with van der Waals surface area (Å²) in [5, 5.41) is 15.4. The van der Waals surface area contributed by atoms with Crippen LogP contribution in [0, 0.1) is 11.7 Å². The van der Waals surface area contributed by atoms with Crippen LogP contribution in [0.25, 0.3) is 0 Å². The fourth-order valence-electron chi connectivity index (χ4n) is 3.61. The van der Waals surface area contributed by atoms with Crippen molar-refractivity contribution in [1.29, 1.82) is 0 Å². The second-order valence-electron chi connectivity index (χ2n) is 8.24. The van der Waals surface area contributed by atoms with Gasteiger partial charge in [-0.1, -0.05) is 12.8 Å². The van der Waals surface area contributed by atoms with Crippen LogP contribution in [0.3, 0.4) is 0 Å². The zero-order chi connectivity index (χ0) is 21.8. The molecule has 0 radical (unpaired) electrons. The summed E-state index contributed by atoms with van der Waals surface area (Å²) < 4.78 is 19.9. The van der Waals surface area contributed by atoms with E-state index in [1.54, 1.807) is 6.07 Å². The topological polar surface area (TPSA) is 101 Å². The van der Waals surface area contributed by atoms with Gasteiger partial charge in [0.25, 0.3) is 11.8 Å². The average molecular weight is 427 g/mol. The predicted octanol–water partition coefficient (Wildman–Crippen LogP) is 3.30. The van der Waals surface area contributed by atoms with E-state index in [1.807, 2.05) is 0 Å². The maximum absolute atomic E-state index is 14.3. The van der Waals surface area contributed by atoms with Gasteiger partial charge in [0.1, 0.15) is 11.6 Å². The highest BCUT2D eigenvalue weighted by Gasteiger charge is 2.25. The lowest BCUT2D eigenvalue weighted by atomic mass is 9.92. The highest BCUT2D eigenvalue weighted by molar-refractivity contribution is 6.05. The van der Waals surface area contributed by atoms with Gasteiger partial charge in [0.2, 0.25) is 0 Å². The Morgan fingerprint density at radius 3 is 2.65 bits per heavy atom. The van der Waals surface area contributed by atoms with E-state index in [4.69, 9.17) is 4.74 Å². The fourth-order valence-corrected chi connectivity index (χ4v) is 3.61. The molecule has 4 rings (SSSR count). The molecule has 1 aromatic heterocycles. The smallest absolute Gasteiger partial charge is 0.257 e. The SMILES string of the molecule is O=C(Nc1cc(C(=O)N[C@H]2CCCC[C@@H]2O)ccc1F)c1cncc(OCC2CC2)c1. The van der Waals surface area contributed by atoms with Crippen molar-refractivity contribution in [3.05, 3.63) is 53.6 Å². The van der Waals surface area contributed by atoms with Gasteiger partial charge < -0.3 is 20.5 Å². The maximum atomic E-state index is 14.3. The van der Waals surface area contributed by atoms with Crippen LogP contribution in [0.1, 0.15) is 59.2 Å². The van der Waals surface area contributed by atoms with Gasteiger partial charge in [-0.2, -0.15) is 0 Å². The Morgan fingerprint density at radius 2 is 1.87 bits per heavy atom. The molecule has 1 aromatic carbocycles. The molecule has 7 nitrogen and oxygen atoms in total. The first-order chi connectivity index (χ1) is 15.0. The van der Waals surface area contributed by atoms with Gasteiger partial charge in [0.05, 0.1) is 36.2 Å². The molecule has 0 saturated heterocycles. The summed E-state index contributed by atoms with van der Waals surface area (Å²) in [4.78, 5) is 29.2. The molecule has 0 aliphatic heterocycles. The van der Waals surface area contributed by atoms with Gasteiger partial charge in [0.15, 0.2) is 0 Å². The van der Waals surface area contributed by atoms with E-state index in [2.05, 4.69) is 15.6 Å². The number of benzene rings is 1. The molecule has 2 aromatic rings. The summed E-state index contributed by atoms with van der Waals surface area (Å²) in [5.41, 5.74) is 0.327. The lowest BCUT2D eigenvalue weighted by Gasteiger charge is -2.28. The van der Waals surface area contributed by atoms with E-state index in [-0.39, 0.29) is 22.9 Å². The van der Waals surface area contributed by atoms with Crippen molar-refractivity contribution >= 4 is 17.5 Å². The summed E-state index contributed by atoms with van der Waals surface area (Å²) in [6.45, 7) is 0.591. The van der Waals surface area contributed by atoms with Crippen LogP contribution < -0.4 is 15.4 Å². The molecule has 31 heavy (non-hydrogen) atoms. The highest BCUT2D eigenvalue weighted by atomic mass is 19.1. The lowest BCUT2D eigenvalue weighted by Crippen LogP contribution is -2.45. The van der Waals surface area contributed by atoms with E-state index in [1.165, 1.54) is 24.5 Å². The number of hydrogen-bond donors (Lipinski definition) is 3. The monoisotopic (exact) mass is 427 g/mol. The molecule has 1 heterocycles. The van der Waals surface area contributed by atoms with Crippen LogP contribution in [0.4, 0.5) is 10.1 Å². The number of aliphatic hydroxyl groups is 1. The van der Waals surface area contributed by atoms with E-state index >= 15 is 0 Å². The first-order valence-electron chi connectivity index (χ1n) is 10.7. The van der Waals surface area contributed by atoms with Gasteiger partial charge in [-0.25, -0.2) is 4.39 Å². The predicted molar refractivity (Wildman–Crippen MR) is 113 cm³/mol. The summed E-state index contributed by atoms with van der Waals surface area (Å²) in [5.74, 6) is -0.576. The second kappa shape index (κ2) is 9.43. The number of ether oxygens (including phenoxy) is 1. The number of aliphatic hydroxyl groups excluding tert-OH is 1. The van der Waals surface area contributed by atoms with Gasteiger partial charge in [-0.05, 0) is 55.9 Å². The van der Waals surface area contributed by atoms with Gasteiger partial charge >= 0.3 is 0 Å². The number of hydrogen-bond acceptors (Lipinski definition) is 5. The number of halogens is 1. The first kappa shape index (κ1) is 21.2. The largest absolute Gasteiger partial charge is 0.492 e. The third-order valence-electron chi connectivity index (χ3n) is 5.68. The summed E-state index contributed by atoms with van der Waals surface area (Å²) in [6, 6.07) is 5.01. The van der Waals surface area contributed by atoms with Crippen molar-refractivity contribution < 1.29 is 23.8 Å². The molecule has 0 unspecified atom stereocenters. The van der Waals surface area contributed by atoms with Crippen molar-refractivity contribution in [2.24, 2.45) is 5.92 Å². The van der Waals surface area contributed by atoms with Crippen molar-refractivity contribution in [1.82, 2.24) is 10.3 Å². The normalized spacial score (nSPS) is 20.7. The number of amides is 2. The molecule has 164 valence electrons. The van der Waals surface area contributed by atoms with Crippen LogP contribution >= 0.6 is 0 Å². The molecule has 8 heteroatoms. The average Bonchev–Trinajstić information content (AvgIpc) is 3.60. The van der Waals surface area contributed by atoms with Crippen LogP contribution in [-0.2, 0) is 0 Å². The summed E-state index contributed by atoms with van der Waals surface area (Å²) >= 11 is 0. The van der Waals surface area contributed by atoms with E-state index in [9.17, 15) is 19.1 Å². The molecule has 2 atom stereocenters. The zero-order valence-electron chi connectivity index (χ0n) is 17.1. The molecule has 2 aliphatic rings. The Kier molecular flexibility index (Phi) is 6.46. The third-order valence-corrected chi connectivity index (χ3v) is 5.68. The molecule has 2 aliphatic carbocycles. The zero-order valence-corrected chi connectivity index (χ0v) is 17.1. The van der Waals surface area contributed by atoms with E-state index < -0.39 is 23.7 Å². The Bertz CT molecular complexity index is 964. The van der Waals surface area contributed by atoms with Crippen molar-refractivity contribution in [3.8, 4) is 5.75 Å². The minimum absolute atomic E-state index is 0.105. The molecule has 0 bridgehead atoms. The number of nitrogens with one attached hydrogen (secondary N) is 2. The van der Waals surface area contributed by atoms with Crippen LogP contribution in [0.15, 0.2) is 36.7 Å². The van der Waals surface area contributed by atoms with E-state index in [0.717, 1.165) is 31.7 Å². The van der Waals surface area contributed by atoms with Crippen LogP contribution in [0.5, 0.6) is 5.75 Å². The standard InChI is InChI=1S/C23H26FN3O4/c24-18-8-7-15(22(29)26-19-3-1-2-4-21(19)28)10-20(18)27-23(30)16-9-17(12-25-11-16)31-13-14-5-6-14/h7-12,14,19,21,28H,1-6,13H2,(H,26,29)(H,27,30)/t19-,21-/m0/s1. The summed E-state index contributed by atoms with van der Waals surface area (Å²) in [7, 11) is 0. The molecule has 2 amide bonds. The lowest BCUT2D eigenvalue weighted by molar-refractivity contribution is 0.0717. The number of anilines is 1. The minimum atomic E-state index is -0.656. The fraction of sp³-hybridized carbons (Fsp3) is 0.435. The number of aromatic nitrogens is 1. The number of carbonyl (C=O) groups excluding carboxylic acids is 2. The van der Waals surface area contributed by atoms with Crippen molar-refractivity contribution in [2.75, 3.05) is 11.9 Å². The van der Waals surface area contributed by atoms with Crippen LogP contribution in [-0.4, -0.2) is 40.7 Å². The maximum Gasteiger partial charge on any atom is 0.257 e. The van der Waals surface area contributed by atoms with Crippen molar-refractivity contribution in [3.63, 3.8) is 0 Å². The van der Waals surface area contributed by atoms with Crippen molar-refractivity contribution in [2.45, 2.75) is 50.7 Å². The Hall–Kier alpha value is -3.00. The molecule has 2 fully saturated rings. The number of nitrogens with zero attached hydrogens (tertiary/aromatic N) is 1. The Balaban J connectivity index is 1.42. The second-order valence-corrected chi connectivity index (χ2v) is 8.24. The Labute approximate surface area is 180 Å². The number of carbonyl (C=O) groups is 2. The third kappa shape index (κ3) is 5.58. The number of rotatable bonds is 7. The molecule has 0 spiro atoms.